The van der Waals surface area contributed by atoms with Crippen molar-refractivity contribution in [3.63, 3.8) is 0 Å². The molecule has 0 fully saturated rings. The Morgan fingerprint density at radius 2 is 0.957 bits per heavy atom. The number of anilines is 3. The number of aromatic nitrogens is 2. The molecule has 4 heteroatoms. The highest BCUT2D eigenvalue weighted by Gasteiger charge is 2.30. The standard InChI is InChI=1S/C66H41N3O/c1-3-18-47-40(2)67-62-49(47)26-15-29-52(62)60-59(43-21-9-5-10-22-43)65-61(58(64(60)67)42-19-7-4-8-20-42)53-30-16-27-50-54-39-44(35-38-55(54)69(65)63(50)53)41-33-36-46(37-34-41)68(45-23-11-6-12-24-45)56-31-17-28-51-48-25-13-14-32-57(48)70-66(51)56/h3-39H,1-2H2/b47-18+. The molecule has 0 unspecified atom stereocenters. The molecule has 70 heavy (non-hydrogen) atoms. The number of fused-ring (bicyclic) bond motifs is 12. The number of nitrogens with zero attached hydrogens (tertiary/aromatic N) is 3. The van der Waals surface area contributed by atoms with Crippen molar-refractivity contribution in [3.05, 3.63) is 236 Å². The van der Waals surface area contributed by atoms with E-state index in [0.29, 0.717) is 0 Å². The average Bonchev–Trinajstić information content (AvgIpc) is 4.22. The van der Waals surface area contributed by atoms with Gasteiger partial charge in [-0.3, -0.25) is 0 Å². The molecule has 326 valence electrons. The predicted octanol–water partition coefficient (Wildman–Crippen LogP) is 16.6. The van der Waals surface area contributed by atoms with Crippen LogP contribution in [0, 0.1) is 0 Å². The molecule has 15 rings (SSSR count). The minimum atomic E-state index is 0.867. The zero-order valence-corrected chi connectivity index (χ0v) is 38.0. The summed E-state index contributed by atoms with van der Waals surface area (Å²) in [6.07, 6.45) is 3.98. The Kier molecular flexibility index (Phi) is 8.05. The summed E-state index contributed by atoms with van der Waals surface area (Å²) in [4.78, 5) is 2.30. The van der Waals surface area contributed by atoms with Crippen molar-refractivity contribution < 1.29 is 4.42 Å². The first-order chi connectivity index (χ1) is 34.7. The van der Waals surface area contributed by atoms with E-state index in [2.05, 4.69) is 227 Å². The Hall–Kier alpha value is -9.38. The van der Waals surface area contributed by atoms with Crippen LogP contribution in [0.5, 0.6) is 0 Å². The normalized spacial score (nSPS) is 12.5. The second-order valence-electron chi connectivity index (χ2n) is 18.5. The minimum absolute atomic E-state index is 0.867. The Morgan fingerprint density at radius 1 is 0.414 bits per heavy atom. The van der Waals surface area contributed by atoms with E-state index in [1.54, 1.807) is 0 Å². The highest BCUT2D eigenvalue weighted by Crippen LogP contribution is 2.53. The van der Waals surface area contributed by atoms with Gasteiger partial charge in [0.2, 0.25) is 0 Å². The van der Waals surface area contributed by atoms with E-state index in [9.17, 15) is 0 Å². The van der Waals surface area contributed by atoms with E-state index >= 15 is 0 Å². The Bertz CT molecular complexity index is 4710. The van der Waals surface area contributed by atoms with Crippen LogP contribution in [-0.4, -0.2) is 8.80 Å². The smallest absolute Gasteiger partial charge is 0.159 e. The van der Waals surface area contributed by atoms with Gasteiger partial charge in [-0.25, -0.2) is 0 Å². The SMILES string of the molecule is C=C/C=c1\c(=C)n2c3c(-c4ccccc4)c4c5cccc6c7cc(-c8ccc(N(c9ccccc9)c9cccc%10c9oc9ccccc9%10)cc8)ccc7n(c4c(-c4ccccc4)c3c3cccc1c32)c65. The summed E-state index contributed by atoms with van der Waals surface area (Å²) in [5.41, 5.74) is 18.0. The third-order valence-electron chi connectivity index (χ3n) is 14.9. The molecule has 0 N–H and O–H groups in total. The van der Waals surface area contributed by atoms with Crippen LogP contribution >= 0.6 is 0 Å². The number of allylic oxidation sites excluding steroid dienone is 1. The second kappa shape index (κ2) is 14.6. The van der Waals surface area contributed by atoms with E-state index in [4.69, 9.17) is 11.0 Å². The Balaban J connectivity index is 0.983. The van der Waals surface area contributed by atoms with Crippen molar-refractivity contribution in [2.24, 2.45) is 0 Å². The molecule has 0 radical (unpaired) electrons. The lowest BCUT2D eigenvalue weighted by molar-refractivity contribution is 0.669. The maximum Gasteiger partial charge on any atom is 0.159 e. The second-order valence-corrected chi connectivity index (χ2v) is 18.5. The van der Waals surface area contributed by atoms with Gasteiger partial charge < -0.3 is 18.1 Å². The fraction of sp³-hybridized carbons (Fsp3) is 0. The number of benzene rings is 10. The lowest BCUT2D eigenvalue weighted by Crippen LogP contribution is -2.23. The van der Waals surface area contributed by atoms with Crippen molar-refractivity contribution in [2.45, 2.75) is 0 Å². The quantitative estimate of drug-likeness (QED) is 0.159. The first-order valence-electron chi connectivity index (χ1n) is 23.9. The summed E-state index contributed by atoms with van der Waals surface area (Å²) in [6, 6.07) is 76.9. The average molecular weight is 892 g/mol. The van der Waals surface area contributed by atoms with Crippen LogP contribution in [-0.2, 0) is 0 Å². The maximum absolute atomic E-state index is 6.59. The molecular formula is C66H41N3O. The fourth-order valence-electron chi connectivity index (χ4n) is 12.0. The van der Waals surface area contributed by atoms with Gasteiger partial charge in [-0.15, -0.1) is 0 Å². The van der Waals surface area contributed by atoms with E-state index < -0.39 is 0 Å². The van der Waals surface area contributed by atoms with Gasteiger partial charge in [0.15, 0.2) is 5.58 Å². The van der Waals surface area contributed by atoms with Gasteiger partial charge in [0.05, 0.1) is 33.3 Å². The fourth-order valence-corrected chi connectivity index (χ4v) is 12.0. The molecule has 5 aromatic heterocycles. The summed E-state index contributed by atoms with van der Waals surface area (Å²) in [5.74, 6) is 0. The van der Waals surface area contributed by atoms with Crippen molar-refractivity contribution in [2.75, 3.05) is 4.90 Å². The molecule has 0 aliphatic rings. The zero-order chi connectivity index (χ0) is 46.2. The molecule has 0 atom stereocenters. The molecule has 0 aliphatic heterocycles. The summed E-state index contributed by atoms with van der Waals surface area (Å²) in [7, 11) is 0. The molecule has 0 amide bonds. The van der Waals surface area contributed by atoms with Gasteiger partial charge in [0.25, 0.3) is 0 Å². The minimum Gasteiger partial charge on any atom is -0.454 e. The third kappa shape index (κ3) is 5.19. The number of hydrogen-bond donors (Lipinski definition) is 0. The Morgan fingerprint density at radius 3 is 1.66 bits per heavy atom. The van der Waals surface area contributed by atoms with E-state index in [1.807, 2.05) is 18.2 Å². The van der Waals surface area contributed by atoms with Gasteiger partial charge in [0.1, 0.15) is 5.58 Å². The van der Waals surface area contributed by atoms with Gasteiger partial charge >= 0.3 is 0 Å². The first-order valence-corrected chi connectivity index (χ1v) is 23.9. The number of para-hydroxylation sites is 5. The van der Waals surface area contributed by atoms with Crippen molar-refractivity contribution >= 4 is 117 Å². The largest absolute Gasteiger partial charge is 0.454 e. The third-order valence-corrected chi connectivity index (χ3v) is 14.9. The van der Waals surface area contributed by atoms with Crippen LogP contribution in [0.2, 0.25) is 0 Å². The van der Waals surface area contributed by atoms with Crippen LogP contribution in [0.4, 0.5) is 17.1 Å². The number of furan rings is 1. The summed E-state index contributed by atoms with van der Waals surface area (Å²) < 4.78 is 11.6. The monoisotopic (exact) mass is 891 g/mol. The molecule has 0 bridgehead atoms. The maximum atomic E-state index is 6.59. The summed E-state index contributed by atoms with van der Waals surface area (Å²) in [6.45, 7) is 8.88. The van der Waals surface area contributed by atoms with Crippen LogP contribution < -0.4 is 15.5 Å². The molecule has 0 saturated carbocycles. The molecule has 5 heterocycles. The van der Waals surface area contributed by atoms with E-state index in [1.165, 1.54) is 93.1 Å². The van der Waals surface area contributed by atoms with Gasteiger partial charge in [-0.2, -0.15) is 0 Å². The van der Waals surface area contributed by atoms with Gasteiger partial charge in [0, 0.05) is 81.5 Å². The topological polar surface area (TPSA) is 25.2 Å². The highest BCUT2D eigenvalue weighted by atomic mass is 16.3. The molecule has 0 aliphatic carbocycles. The number of hydrogen-bond acceptors (Lipinski definition) is 2. The lowest BCUT2D eigenvalue weighted by Gasteiger charge is -2.25. The molecule has 15 aromatic rings. The highest BCUT2D eigenvalue weighted by molar-refractivity contribution is 6.36. The van der Waals surface area contributed by atoms with Crippen LogP contribution in [0.3, 0.4) is 0 Å². The molecule has 0 spiro atoms. The number of rotatable bonds is 7. The molecule has 4 nitrogen and oxygen atoms in total. The van der Waals surface area contributed by atoms with Gasteiger partial charge in [-0.05, 0) is 70.8 Å². The molecule has 10 aromatic carbocycles. The first kappa shape index (κ1) is 38.7. The molecule has 0 saturated heterocycles. The zero-order valence-electron chi connectivity index (χ0n) is 38.0. The van der Waals surface area contributed by atoms with E-state index in [-0.39, 0.29) is 0 Å². The van der Waals surface area contributed by atoms with Crippen LogP contribution in [0.25, 0.3) is 133 Å². The van der Waals surface area contributed by atoms with Crippen LogP contribution in [0.1, 0.15) is 0 Å². The lowest BCUT2D eigenvalue weighted by atomic mass is 9.89. The van der Waals surface area contributed by atoms with Crippen molar-refractivity contribution in [1.82, 2.24) is 8.80 Å². The summed E-state index contributed by atoms with van der Waals surface area (Å²) >= 11 is 0. The predicted molar refractivity (Wildman–Crippen MR) is 296 cm³/mol. The Labute approximate surface area is 402 Å². The van der Waals surface area contributed by atoms with Crippen molar-refractivity contribution in [3.8, 4) is 33.4 Å². The van der Waals surface area contributed by atoms with Gasteiger partial charge in [-0.1, -0.05) is 189 Å². The van der Waals surface area contributed by atoms with E-state index in [0.717, 1.165) is 55.1 Å². The summed E-state index contributed by atoms with van der Waals surface area (Å²) in [5, 5.41) is 12.9. The van der Waals surface area contributed by atoms with Crippen molar-refractivity contribution in [1.29, 1.82) is 0 Å². The molecular weight excluding hydrogens is 851 g/mol. The van der Waals surface area contributed by atoms with Crippen LogP contribution in [0.15, 0.2) is 229 Å².